The molecule has 1 aromatic carbocycles. The van der Waals surface area contributed by atoms with Gasteiger partial charge in [0.25, 0.3) is 17.6 Å². The van der Waals surface area contributed by atoms with Gasteiger partial charge < -0.3 is 26.0 Å². The number of carbonyl (C=O) groups is 6. The van der Waals surface area contributed by atoms with Crippen molar-refractivity contribution >= 4 is 35.4 Å². The first kappa shape index (κ1) is 33.2. The number of likely N-dealkylation sites (tertiary alicyclic amines) is 1. The van der Waals surface area contributed by atoms with Crippen molar-refractivity contribution in [3.63, 3.8) is 0 Å². The number of rotatable bonds is 13. The molecule has 4 N–H and O–H groups in total. The second-order valence-electron chi connectivity index (χ2n) is 10.0. The Labute approximate surface area is 235 Å². The van der Waals surface area contributed by atoms with Gasteiger partial charge in [0.15, 0.2) is 0 Å². The van der Waals surface area contributed by atoms with Gasteiger partial charge in [-0.15, -0.1) is 0 Å². The fourth-order valence-corrected chi connectivity index (χ4v) is 4.35. The third kappa shape index (κ3) is 9.29. The summed E-state index contributed by atoms with van der Waals surface area (Å²) in [7, 11) is 0. The van der Waals surface area contributed by atoms with Gasteiger partial charge in [0.05, 0.1) is 6.04 Å². The summed E-state index contributed by atoms with van der Waals surface area (Å²) in [5.41, 5.74) is 0.395. The van der Waals surface area contributed by atoms with Crippen molar-refractivity contribution in [2.45, 2.75) is 77.2 Å². The summed E-state index contributed by atoms with van der Waals surface area (Å²) in [5, 5.41) is 16.0. The van der Waals surface area contributed by atoms with Crippen molar-refractivity contribution in [2.75, 3.05) is 13.1 Å². The number of carboxylic acids is 1. The highest BCUT2D eigenvalue weighted by atomic mass is 19.4. The minimum Gasteiger partial charge on any atom is -0.481 e. The first-order valence-corrected chi connectivity index (χ1v) is 13.3. The number of carboxylic acid groups (broad SMARTS) is 1. The number of halogens is 3. The predicted octanol–water partition coefficient (Wildman–Crippen LogP) is 2.05. The van der Waals surface area contributed by atoms with E-state index in [1.807, 2.05) is 0 Å². The molecule has 1 fully saturated rings. The third-order valence-electron chi connectivity index (χ3n) is 6.64. The highest BCUT2D eigenvalue weighted by Gasteiger charge is 2.45. The minimum atomic E-state index is -5.11. The molecule has 1 aliphatic rings. The smallest absolute Gasteiger partial charge is 0.452 e. The maximum atomic E-state index is 13.4. The molecule has 1 heterocycles. The Morgan fingerprint density at radius 2 is 1.59 bits per heavy atom. The summed E-state index contributed by atoms with van der Waals surface area (Å²) in [6.45, 7) is 5.01. The van der Waals surface area contributed by atoms with E-state index in [2.05, 4.69) is 16.0 Å². The fourth-order valence-electron chi connectivity index (χ4n) is 4.35. The van der Waals surface area contributed by atoms with Crippen LogP contribution >= 0.6 is 0 Å². The van der Waals surface area contributed by atoms with Gasteiger partial charge >= 0.3 is 12.1 Å². The highest BCUT2D eigenvalue weighted by molar-refractivity contribution is 6.00. The number of amides is 4. The molecule has 14 heteroatoms. The first-order valence-electron chi connectivity index (χ1n) is 13.3. The molecule has 2 rings (SSSR count). The van der Waals surface area contributed by atoms with Gasteiger partial charge in [-0.3, -0.25) is 28.8 Å². The van der Waals surface area contributed by atoms with E-state index in [1.165, 1.54) is 36.1 Å². The van der Waals surface area contributed by atoms with Gasteiger partial charge in [-0.05, 0) is 55.9 Å². The molecule has 1 saturated heterocycles. The normalized spacial score (nSPS) is 16.6. The van der Waals surface area contributed by atoms with Gasteiger partial charge in [-0.25, -0.2) is 0 Å². The van der Waals surface area contributed by atoms with Crippen molar-refractivity contribution in [2.24, 2.45) is 5.92 Å². The lowest BCUT2D eigenvalue weighted by molar-refractivity contribution is -0.174. The topological polar surface area (TPSA) is 162 Å². The van der Waals surface area contributed by atoms with Crippen LogP contribution in [0.2, 0.25) is 0 Å². The van der Waals surface area contributed by atoms with E-state index in [0.717, 1.165) is 0 Å². The van der Waals surface area contributed by atoms with Crippen LogP contribution in [0.3, 0.4) is 0 Å². The van der Waals surface area contributed by atoms with E-state index in [4.69, 9.17) is 5.11 Å². The molecular formula is C27H35F3N4O7. The van der Waals surface area contributed by atoms with E-state index in [-0.39, 0.29) is 49.9 Å². The Balaban J connectivity index is 2.06. The highest BCUT2D eigenvalue weighted by Crippen LogP contribution is 2.23. The number of carbonyl (C=O) groups excluding carboxylic acids is 5. The van der Waals surface area contributed by atoms with E-state index < -0.39 is 65.6 Å². The Bertz CT molecular complexity index is 1140. The average molecular weight is 585 g/mol. The zero-order valence-corrected chi connectivity index (χ0v) is 23.0. The van der Waals surface area contributed by atoms with Crippen molar-refractivity contribution < 1.29 is 47.0 Å². The van der Waals surface area contributed by atoms with E-state index in [0.29, 0.717) is 6.42 Å². The van der Waals surface area contributed by atoms with Gasteiger partial charge in [-0.2, -0.15) is 13.2 Å². The second kappa shape index (κ2) is 14.6. The standard InChI is InChI=1S/C27H35F3N4O7/c1-4-18(22(37)27(28,29)30)32-25(40)19-7-6-14-34(19)26(41)21(15(2)3)33-24(39)17-11-9-16(10-12-17)23(38)31-13-5-8-20(35)36/h9-12,15,18-19,21H,4-8,13-14H2,1-3H3,(H,31,38)(H,32,40)(H,33,39)(H,35,36)/t18?,19-,21?/m0/s1. The van der Waals surface area contributed by atoms with E-state index >= 15 is 0 Å². The number of nitrogens with zero attached hydrogens (tertiary/aromatic N) is 1. The molecule has 0 spiro atoms. The number of aliphatic carboxylic acids is 1. The maximum absolute atomic E-state index is 13.4. The number of Topliss-reactive ketones (excluding diaryl/α,β-unsaturated/α-hetero) is 1. The lowest BCUT2D eigenvalue weighted by Crippen LogP contribution is -2.57. The monoisotopic (exact) mass is 584 g/mol. The fraction of sp³-hybridized carbons (Fsp3) is 0.556. The van der Waals surface area contributed by atoms with Crippen molar-refractivity contribution in [1.82, 2.24) is 20.9 Å². The molecule has 2 unspecified atom stereocenters. The maximum Gasteiger partial charge on any atom is 0.452 e. The zero-order chi connectivity index (χ0) is 30.9. The Morgan fingerprint density at radius 3 is 2.10 bits per heavy atom. The molecule has 0 aromatic heterocycles. The molecule has 0 saturated carbocycles. The molecule has 41 heavy (non-hydrogen) atoms. The van der Waals surface area contributed by atoms with Crippen LogP contribution in [-0.2, 0) is 19.2 Å². The van der Waals surface area contributed by atoms with Gasteiger partial charge in [0, 0.05) is 30.6 Å². The lowest BCUT2D eigenvalue weighted by atomic mass is 10.0. The quantitative estimate of drug-likeness (QED) is 0.258. The molecule has 0 bridgehead atoms. The Morgan fingerprint density at radius 1 is 1.00 bits per heavy atom. The summed E-state index contributed by atoms with van der Waals surface area (Å²) in [6.07, 6.45) is -4.62. The number of hydrogen-bond acceptors (Lipinski definition) is 6. The Kier molecular flexibility index (Phi) is 11.8. The molecule has 4 amide bonds. The second-order valence-corrected chi connectivity index (χ2v) is 10.0. The van der Waals surface area contributed by atoms with Crippen LogP contribution in [0.25, 0.3) is 0 Å². The lowest BCUT2D eigenvalue weighted by Gasteiger charge is -2.31. The van der Waals surface area contributed by atoms with Gasteiger partial charge in [0.1, 0.15) is 12.1 Å². The first-order chi connectivity index (χ1) is 19.2. The third-order valence-corrected chi connectivity index (χ3v) is 6.64. The van der Waals surface area contributed by atoms with Crippen LogP contribution in [0.5, 0.6) is 0 Å². The molecule has 0 aliphatic carbocycles. The van der Waals surface area contributed by atoms with Crippen LogP contribution in [0.15, 0.2) is 24.3 Å². The molecule has 11 nitrogen and oxygen atoms in total. The Hall–Kier alpha value is -3.97. The predicted molar refractivity (Wildman–Crippen MR) is 140 cm³/mol. The summed E-state index contributed by atoms with van der Waals surface area (Å²) in [6, 6.07) is 1.66. The molecule has 0 radical (unpaired) electrons. The summed E-state index contributed by atoms with van der Waals surface area (Å²) in [5.74, 6) is -5.98. The molecule has 1 aromatic rings. The minimum absolute atomic E-state index is 0.0883. The zero-order valence-electron chi connectivity index (χ0n) is 23.0. The van der Waals surface area contributed by atoms with Crippen molar-refractivity contribution in [3.8, 4) is 0 Å². The summed E-state index contributed by atoms with van der Waals surface area (Å²) in [4.78, 5) is 74.8. The van der Waals surface area contributed by atoms with Gasteiger partial charge in [0.2, 0.25) is 11.8 Å². The summed E-state index contributed by atoms with van der Waals surface area (Å²) < 4.78 is 38.6. The number of benzene rings is 1. The van der Waals surface area contributed by atoms with Crippen LogP contribution in [0, 0.1) is 5.92 Å². The van der Waals surface area contributed by atoms with Crippen LogP contribution < -0.4 is 16.0 Å². The molecule has 3 atom stereocenters. The average Bonchev–Trinajstić information content (AvgIpc) is 3.41. The van der Waals surface area contributed by atoms with Crippen LogP contribution in [0.4, 0.5) is 13.2 Å². The van der Waals surface area contributed by atoms with Crippen molar-refractivity contribution in [3.05, 3.63) is 35.4 Å². The number of nitrogens with one attached hydrogen (secondary N) is 3. The summed E-state index contributed by atoms with van der Waals surface area (Å²) >= 11 is 0. The van der Waals surface area contributed by atoms with Gasteiger partial charge in [-0.1, -0.05) is 20.8 Å². The van der Waals surface area contributed by atoms with Crippen molar-refractivity contribution in [1.29, 1.82) is 0 Å². The molecular weight excluding hydrogens is 549 g/mol. The number of hydrogen-bond donors (Lipinski definition) is 4. The molecule has 226 valence electrons. The number of alkyl halides is 3. The van der Waals surface area contributed by atoms with Crippen LogP contribution in [-0.4, -0.2) is 82.8 Å². The van der Waals surface area contributed by atoms with Crippen LogP contribution in [0.1, 0.15) is 73.6 Å². The molecule has 1 aliphatic heterocycles. The van der Waals surface area contributed by atoms with E-state index in [1.54, 1.807) is 13.8 Å². The largest absolute Gasteiger partial charge is 0.481 e. The van der Waals surface area contributed by atoms with E-state index in [9.17, 15) is 41.9 Å². The number of ketones is 1. The SMILES string of the molecule is CCC(NC(=O)[C@@H]1CCCN1C(=O)C(NC(=O)c1ccc(C(=O)NCCCC(=O)O)cc1)C(C)C)C(=O)C(F)(F)F.